The Balaban J connectivity index is 2.25. The van der Waals surface area contributed by atoms with Crippen LogP contribution < -0.4 is 0 Å². The van der Waals surface area contributed by atoms with Crippen LogP contribution in [-0.2, 0) is 16.1 Å². The first-order valence-corrected chi connectivity index (χ1v) is 6.77. The summed E-state index contributed by atoms with van der Waals surface area (Å²) in [7, 11) is 1.37. The maximum Gasteiger partial charge on any atom is 0.337 e. The third kappa shape index (κ3) is 1.95. The number of benzene rings is 1. The van der Waals surface area contributed by atoms with E-state index in [0.29, 0.717) is 18.8 Å². The largest absolute Gasteiger partial charge is 0.465 e. The second kappa shape index (κ2) is 4.61. The Bertz CT molecular complexity index is 665. The number of esters is 1. The van der Waals surface area contributed by atoms with E-state index >= 15 is 0 Å². The summed E-state index contributed by atoms with van der Waals surface area (Å²) in [5.41, 5.74) is 2.27. The van der Waals surface area contributed by atoms with Gasteiger partial charge in [-0.2, -0.15) is 0 Å². The standard InChI is InChI=1S/C13H13BrN2O3/c1-7-5-19-6-11-15-10-4-8(13(17)18-2)3-9(14)12(10)16(7)11/h3-4,7H,5-6H2,1-2H3/t7-/m1/s1. The maximum absolute atomic E-state index is 11.6. The van der Waals surface area contributed by atoms with Gasteiger partial charge < -0.3 is 14.0 Å². The van der Waals surface area contributed by atoms with Crippen molar-refractivity contribution >= 4 is 32.9 Å². The Hall–Kier alpha value is -1.40. The number of methoxy groups -OCH3 is 1. The molecule has 0 spiro atoms. The van der Waals surface area contributed by atoms with Crippen LogP contribution in [0.15, 0.2) is 16.6 Å². The van der Waals surface area contributed by atoms with Gasteiger partial charge in [0.15, 0.2) is 0 Å². The molecule has 19 heavy (non-hydrogen) atoms. The summed E-state index contributed by atoms with van der Waals surface area (Å²) in [6.45, 7) is 3.26. The smallest absolute Gasteiger partial charge is 0.337 e. The van der Waals surface area contributed by atoms with Crippen LogP contribution in [-0.4, -0.2) is 29.2 Å². The van der Waals surface area contributed by atoms with Crippen molar-refractivity contribution in [1.82, 2.24) is 9.55 Å². The first-order valence-electron chi connectivity index (χ1n) is 5.98. The molecule has 1 atom stereocenters. The fourth-order valence-electron chi connectivity index (χ4n) is 2.44. The lowest BCUT2D eigenvalue weighted by Gasteiger charge is -2.22. The highest BCUT2D eigenvalue weighted by atomic mass is 79.9. The first kappa shape index (κ1) is 12.6. The molecule has 0 saturated heterocycles. The quantitative estimate of drug-likeness (QED) is 0.757. The van der Waals surface area contributed by atoms with E-state index in [4.69, 9.17) is 9.47 Å². The summed E-state index contributed by atoms with van der Waals surface area (Å²) in [6, 6.07) is 3.75. The fourth-order valence-corrected chi connectivity index (χ4v) is 3.08. The minimum atomic E-state index is -0.363. The summed E-state index contributed by atoms with van der Waals surface area (Å²) >= 11 is 3.52. The molecule has 1 aliphatic heterocycles. The van der Waals surface area contributed by atoms with Crippen LogP contribution in [0.2, 0.25) is 0 Å². The molecule has 0 saturated carbocycles. The first-order chi connectivity index (χ1) is 9.11. The van der Waals surface area contributed by atoms with Crippen molar-refractivity contribution in [3.05, 3.63) is 28.0 Å². The van der Waals surface area contributed by atoms with Crippen molar-refractivity contribution in [3.63, 3.8) is 0 Å². The lowest BCUT2D eigenvalue weighted by Crippen LogP contribution is -2.21. The van der Waals surface area contributed by atoms with Gasteiger partial charge in [-0.3, -0.25) is 0 Å². The van der Waals surface area contributed by atoms with Crippen LogP contribution in [0, 0.1) is 0 Å². The summed E-state index contributed by atoms with van der Waals surface area (Å²) < 4.78 is 13.2. The predicted molar refractivity (Wildman–Crippen MR) is 73.1 cm³/mol. The van der Waals surface area contributed by atoms with Gasteiger partial charge in [-0.1, -0.05) is 0 Å². The Morgan fingerprint density at radius 2 is 2.37 bits per heavy atom. The van der Waals surface area contributed by atoms with Gasteiger partial charge >= 0.3 is 5.97 Å². The van der Waals surface area contributed by atoms with Gasteiger partial charge in [-0.05, 0) is 35.0 Å². The molecular weight excluding hydrogens is 312 g/mol. The van der Waals surface area contributed by atoms with Crippen LogP contribution in [0.25, 0.3) is 11.0 Å². The number of rotatable bonds is 1. The molecular formula is C13H13BrN2O3. The molecule has 3 rings (SSSR count). The van der Waals surface area contributed by atoms with E-state index in [2.05, 4.69) is 32.4 Å². The van der Waals surface area contributed by atoms with E-state index < -0.39 is 0 Å². The Morgan fingerprint density at radius 3 is 3.11 bits per heavy atom. The monoisotopic (exact) mass is 324 g/mol. The van der Waals surface area contributed by atoms with Crippen molar-refractivity contribution in [3.8, 4) is 0 Å². The molecule has 100 valence electrons. The zero-order valence-electron chi connectivity index (χ0n) is 10.6. The van der Waals surface area contributed by atoms with Gasteiger partial charge in [0.25, 0.3) is 0 Å². The molecule has 2 aromatic rings. The second-order valence-electron chi connectivity index (χ2n) is 4.58. The van der Waals surface area contributed by atoms with E-state index in [1.165, 1.54) is 7.11 Å². The second-order valence-corrected chi connectivity index (χ2v) is 5.43. The fraction of sp³-hybridized carbons (Fsp3) is 0.385. The predicted octanol–water partition coefficient (Wildman–Crippen LogP) is 2.68. The SMILES string of the molecule is COC(=O)c1cc(Br)c2c(c1)nc1n2[C@H](C)COC1. The van der Waals surface area contributed by atoms with E-state index in [1.54, 1.807) is 12.1 Å². The number of hydrogen-bond donors (Lipinski definition) is 0. The number of imidazole rings is 1. The maximum atomic E-state index is 11.6. The Morgan fingerprint density at radius 1 is 1.58 bits per heavy atom. The van der Waals surface area contributed by atoms with Crippen LogP contribution in [0.5, 0.6) is 0 Å². The minimum absolute atomic E-state index is 0.231. The van der Waals surface area contributed by atoms with Crippen molar-refractivity contribution < 1.29 is 14.3 Å². The van der Waals surface area contributed by atoms with E-state index in [0.717, 1.165) is 21.3 Å². The summed E-state index contributed by atoms with van der Waals surface area (Å²) in [5, 5.41) is 0. The number of fused-ring (bicyclic) bond motifs is 3. The van der Waals surface area contributed by atoms with Gasteiger partial charge in [0.1, 0.15) is 12.4 Å². The molecule has 0 N–H and O–H groups in total. The van der Waals surface area contributed by atoms with E-state index in [-0.39, 0.29) is 12.0 Å². The van der Waals surface area contributed by atoms with Gasteiger partial charge in [0, 0.05) is 4.47 Å². The summed E-state index contributed by atoms with van der Waals surface area (Å²) in [5.74, 6) is 0.523. The molecule has 1 aromatic carbocycles. The van der Waals surface area contributed by atoms with Gasteiger partial charge in [0.05, 0.1) is 36.4 Å². The van der Waals surface area contributed by atoms with E-state index in [1.807, 2.05) is 0 Å². The van der Waals surface area contributed by atoms with Crippen LogP contribution in [0.3, 0.4) is 0 Å². The number of ether oxygens (including phenoxy) is 2. The molecule has 1 aromatic heterocycles. The highest BCUT2D eigenvalue weighted by Gasteiger charge is 2.23. The average Bonchev–Trinajstić information content (AvgIpc) is 2.77. The van der Waals surface area contributed by atoms with Crippen molar-refractivity contribution in [2.45, 2.75) is 19.6 Å². The summed E-state index contributed by atoms with van der Waals surface area (Å²) in [4.78, 5) is 16.2. The summed E-state index contributed by atoms with van der Waals surface area (Å²) in [6.07, 6.45) is 0. The third-order valence-corrected chi connectivity index (χ3v) is 3.87. The van der Waals surface area contributed by atoms with Gasteiger partial charge in [-0.15, -0.1) is 0 Å². The molecule has 0 bridgehead atoms. The highest BCUT2D eigenvalue weighted by molar-refractivity contribution is 9.10. The van der Waals surface area contributed by atoms with Crippen molar-refractivity contribution in [1.29, 1.82) is 0 Å². The van der Waals surface area contributed by atoms with Crippen molar-refractivity contribution in [2.24, 2.45) is 0 Å². The lowest BCUT2D eigenvalue weighted by molar-refractivity contribution is 0.0600. The number of hydrogen-bond acceptors (Lipinski definition) is 4. The molecule has 1 aliphatic rings. The molecule has 6 heteroatoms. The Labute approximate surface area is 118 Å². The minimum Gasteiger partial charge on any atom is -0.465 e. The molecule has 0 aliphatic carbocycles. The molecule has 0 amide bonds. The molecule has 0 unspecified atom stereocenters. The zero-order valence-corrected chi connectivity index (χ0v) is 12.2. The molecule has 2 heterocycles. The third-order valence-electron chi connectivity index (χ3n) is 3.26. The number of halogens is 1. The van der Waals surface area contributed by atoms with Crippen LogP contribution in [0.4, 0.5) is 0 Å². The average molecular weight is 325 g/mol. The lowest BCUT2D eigenvalue weighted by atomic mass is 10.2. The highest BCUT2D eigenvalue weighted by Crippen LogP contribution is 2.32. The number of aromatic nitrogens is 2. The normalized spacial score (nSPS) is 18.4. The number of carbonyl (C=O) groups excluding carboxylic acids is 1. The van der Waals surface area contributed by atoms with E-state index in [9.17, 15) is 4.79 Å². The molecule has 5 nitrogen and oxygen atoms in total. The zero-order chi connectivity index (χ0) is 13.6. The topological polar surface area (TPSA) is 53.3 Å². The van der Waals surface area contributed by atoms with Crippen LogP contribution in [0.1, 0.15) is 29.1 Å². The Kier molecular flexibility index (Phi) is 3.06. The number of nitrogens with zero attached hydrogens (tertiary/aromatic N) is 2. The molecule has 0 radical (unpaired) electrons. The van der Waals surface area contributed by atoms with Crippen molar-refractivity contribution in [2.75, 3.05) is 13.7 Å². The van der Waals surface area contributed by atoms with Gasteiger partial charge in [-0.25, -0.2) is 9.78 Å². The molecule has 0 fully saturated rings. The van der Waals surface area contributed by atoms with Gasteiger partial charge in [0.2, 0.25) is 0 Å². The van der Waals surface area contributed by atoms with Crippen LogP contribution >= 0.6 is 15.9 Å². The number of carbonyl (C=O) groups is 1.